The lowest BCUT2D eigenvalue weighted by molar-refractivity contribution is 0.261. The van der Waals surface area contributed by atoms with Crippen molar-refractivity contribution in [1.29, 1.82) is 0 Å². The Morgan fingerprint density at radius 2 is 1.07 bits per heavy atom. The number of nitrogens with one attached hydrogen (secondary N) is 4. The third kappa shape index (κ3) is 12.1. The van der Waals surface area contributed by atoms with Gasteiger partial charge >= 0.3 is 12.1 Å². The maximum Gasteiger partial charge on any atom is 0.326 e. The van der Waals surface area contributed by atoms with Gasteiger partial charge in [-0.15, -0.1) is 0 Å². The molecule has 6 aromatic rings. The number of anilines is 6. The molecule has 56 heavy (non-hydrogen) atoms. The highest BCUT2D eigenvalue weighted by Crippen LogP contribution is 2.25. The Labute approximate surface area is 321 Å². The van der Waals surface area contributed by atoms with E-state index in [9.17, 15) is 9.59 Å². The van der Waals surface area contributed by atoms with Crippen LogP contribution in [0.5, 0.6) is 0 Å². The molecule has 0 unspecified atom stereocenters. The van der Waals surface area contributed by atoms with Gasteiger partial charge in [0.25, 0.3) is 0 Å². The Balaban J connectivity index is 0.000000214. The van der Waals surface area contributed by atoms with Crippen LogP contribution < -0.4 is 32.7 Å². The number of urea groups is 2. The summed E-state index contributed by atoms with van der Waals surface area (Å²) in [6, 6.07) is 10.8. The zero-order valence-corrected chi connectivity index (χ0v) is 31.3. The first-order valence-corrected chi connectivity index (χ1v) is 16.8. The second kappa shape index (κ2) is 17.3. The highest BCUT2D eigenvalue weighted by Gasteiger charge is 2.21. The van der Waals surface area contributed by atoms with Gasteiger partial charge in [-0.25, -0.2) is 39.5 Å². The molecule has 284 valence electrons. The van der Waals surface area contributed by atoms with Crippen LogP contribution in [-0.4, -0.2) is 52.3 Å². The van der Waals surface area contributed by atoms with Crippen LogP contribution in [0.1, 0.15) is 75.6 Å². The average Bonchev–Trinajstić information content (AvgIpc) is 3.82. The molecule has 18 heteroatoms. The highest BCUT2D eigenvalue weighted by atomic mass is 16.5. The monoisotopic (exact) mass is 754 g/mol. The van der Waals surface area contributed by atoms with Gasteiger partial charge in [-0.3, -0.25) is 16.0 Å². The largest absolute Gasteiger partial charge is 0.368 e. The Kier molecular flexibility index (Phi) is 12.2. The number of hydrogen-bond donors (Lipinski definition) is 6. The zero-order valence-electron chi connectivity index (χ0n) is 31.3. The summed E-state index contributed by atoms with van der Waals surface area (Å²) in [5.41, 5.74) is 13.2. The standard InChI is InChI=1S/2C19H19N7O2/c1-19(2,3)15-9-16(26-28-15)25-18(27)24-14-6-7-21-13(8-14)5-4-12-10-22-17(20)23-11-12;1-19(2,3)14-9-16(26-28-14)25-18(27)24-15-6-4-5-13(23-15)8-7-12-10-21-17(20)22-11-12/h6-11H,1-3H3,(H2,20,22,23)(H2,21,24,25,26,27);4-6,9-11H,1-3H3,(H2,20,21,22)(H2,23,24,25,26,27). The number of nitrogen functional groups attached to an aromatic ring is 2. The Bertz CT molecular complexity index is 2250. The van der Waals surface area contributed by atoms with Gasteiger partial charge in [0, 0.05) is 59.6 Å². The molecule has 0 aliphatic carbocycles. The fourth-order valence-corrected chi connectivity index (χ4v) is 4.15. The number of aromatic nitrogens is 8. The van der Waals surface area contributed by atoms with Gasteiger partial charge in [0.2, 0.25) is 11.9 Å². The van der Waals surface area contributed by atoms with Gasteiger partial charge in [-0.2, -0.15) is 0 Å². The fourth-order valence-electron chi connectivity index (χ4n) is 4.15. The number of nitrogens with zero attached hydrogens (tertiary/aromatic N) is 8. The number of hydrogen-bond acceptors (Lipinski definition) is 14. The summed E-state index contributed by atoms with van der Waals surface area (Å²) < 4.78 is 10.5. The minimum Gasteiger partial charge on any atom is -0.368 e. The maximum absolute atomic E-state index is 12.2. The van der Waals surface area contributed by atoms with Crippen LogP contribution in [0.15, 0.2) is 82.5 Å². The quantitative estimate of drug-likeness (QED) is 0.120. The van der Waals surface area contributed by atoms with Crippen molar-refractivity contribution in [3.8, 4) is 23.7 Å². The van der Waals surface area contributed by atoms with Gasteiger partial charge < -0.3 is 25.8 Å². The number of pyridine rings is 2. The lowest BCUT2D eigenvalue weighted by Gasteiger charge is -2.12. The first-order valence-electron chi connectivity index (χ1n) is 16.8. The molecule has 0 saturated heterocycles. The van der Waals surface area contributed by atoms with E-state index in [1.54, 1.807) is 48.7 Å². The number of amides is 4. The smallest absolute Gasteiger partial charge is 0.326 e. The molecule has 8 N–H and O–H groups in total. The van der Waals surface area contributed by atoms with Crippen molar-refractivity contribution < 1.29 is 18.6 Å². The van der Waals surface area contributed by atoms with Gasteiger partial charge in [0.1, 0.15) is 28.7 Å². The predicted molar refractivity (Wildman–Crippen MR) is 209 cm³/mol. The van der Waals surface area contributed by atoms with E-state index in [1.165, 1.54) is 24.8 Å². The highest BCUT2D eigenvalue weighted by molar-refractivity contribution is 5.99. The molecular formula is C38H38N14O4. The van der Waals surface area contributed by atoms with Crippen molar-refractivity contribution in [3.05, 3.63) is 107 Å². The van der Waals surface area contributed by atoms with E-state index in [4.69, 9.17) is 20.5 Å². The lowest BCUT2D eigenvalue weighted by atomic mass is 9.93. The van der Waals surface area contributed by atoms with Crippen molar-refractivity contribution in [3.63, 3.8) is 0 Å². The second-order valence-electron chi connectivity index (χ2n) is 13.8. The van der Waals surface area contributed by atoms with Gasteiger partial charge in [-0.1, -0.05) is 69.8 Å². The molecule has 6 aromatic heterocycles. The topological polar surface area (TPSA) is 264 Å². The van der Waals surface area contributed by atoms with Crippen LogP contribution in [0, 0.1) is 23.7 Å². The maximum atomic E-state index is 12.2. The molecule has 6 rings (SSSR count). The summed E-state index contributed by atoms with van der Waals surface area (Å²) in [5.74, 6) is 14.2. The number of carbonyl (C=O) groups is 2. The molecule has 6 heterocycles. The van der Waals surface area contributed by atoms with E-state index >= 15 is 0 Å². The Morgan fingerprint density at radius 3 is 1.57 bits per heavy atom. The Morgan fingerprint density at radius 1 is 0.589 bits per heavy atom. The van der Waals surface area contributed by atoms with Crippen molar-refractivity contribution in [2.75, 3.05) is 32.7 Å². The molecule has 0 bridgehead atoms. The van der Waals surface area contributed by atoms with E-state index in [1.807, 2.05) is 41.5 Å². The molecular weight excluding hydrogens is 717 g/mol. The van der Waals surface area contributed by atoms with Crippen LogP contribution >= 0.6 is 0 Å². The van der Waals surface area contributed by atoms with Crippen LogP contribution in [0.25, 0.3) is 0 Å². The van der Waals surface area contributed by atoms with E-state index < -0.39 is 12.1 Å². The van der Waals surface area contributed by atoms with E-state index in [-0.39, 0.29) is 22.7 Å². The van der Waals surface area contributed by atoms with Crippen molar-refractivity contribution in [2.24, 2.45) is 0 Å². The van der Waals surface area contributed by atoms with Gasteiger partial charge in [0.05, 0.1) is 11.1 Å². The molecule has 0 atom stereocenters. The molecule has 0 radical (unpaired) electrons. The molecule has 0 aliphatic rings. The normalized spacial score (nSPS) is 10.7. The second-order valence-corrected chi connectivity index (χ2v) is 13.8. The van der Waals surface area contributed by atoms with Crippen LogP contribution in [-0.2, 0) is 10.8 Å². The summed E-state index contributed by atoms with van der Waals surface area (Å²) in [4.78, 5) is 48.2. The Hall–Kier alpha value is -7.86. The van der Waals surface area contributed by atoms with E-state index in [2.05, 4.69) is 85.2 Å². The number of carbonyl (C=O) groups excluding carboxylic acids is 2. The molecule has 0 saturated carbocycles. The SMILES string of the molecule is CC(C)(C)c1cc(NC(=O)Nc2cccc(C#Cc3cnc(N)nc3)n2)no1.CC(C)(C)c1cc(NC(=O)Nc2ccnc(C#Cc3cnc(N)nc3)c2)no1. The summed E-state index contributed by atoms with van der Waals surface area (Å²) in [5, 5.41) is 18.3. The molecule has 0 aromatic carbocycles. The average molecular weight is 755 g/mol. The third-order valence-electron chi connectivity index (χ3n) is 7.00. The molecule has 18 nitrogen and oxygen atoms in total. The summed E-state index contributed by atoms with van der Waals surface area (Å²) in [6.07, 6.45) is 7.64. The summed E-state index contributed by atoms with van der Waals surface area (Å²) in [6.45, 7) is 12.0. The minimum absolute atomic E-state index is 0.183. The van der Waals surface area contributed by atoms with E-state index in [0.29, 0.717) is 57.2 Å². The fraction of sp³-hybridized carbons (Fsp3) is 0.211. The van der Waals surface area contributed by atoms with Crippen molar-refractivity contribution in [2.45, 2.75) is 52.4 Å². The van der Waals surface area contributed by atoms with Crippen molar-refractivity contribution >= 4 is 47.1 Å². The lowest BCUT2D eigenvalue weighted by Crippen LogP contribution is -2.20. The van der Waals surface area contributed by atoms with Crippen LogP contribution in [0.4, 0.5) is 44.6 Å². The zero-order chi connectivity index (χ0) is 40.3. The number of nitrogens with two attached hydrogens (primary N) is 2. The molecule has 0 aliphatic heterocycles. The minimum atomic E-state index is -0.488. The van der Waals surface area contributed by atoms with Crippen LogP contribution in [0.2, 0.25) is 0 Å². The molecule has 4 amide bonds. The molecule has 0 spiro atoms. The summed E-state index contributed by atoms with van der Waals surface area (Å²) in [7, 11) is 0. The van der Waals surface area contributed by atoms with Crippen molar-refractivity contribution in [1.82, 2.24) is 40.2 Å². The predicted octanol–water partition coefficient (Wildman–Crippen LogP) is 5.57. The van der Waals surface area contributed by atoms with Gasteiger partial charge in [-0.05, 0) is 36.1 Å². The molecule has 0 fully saturated rings. The first-order chi connectivity index (χ1) is 26.6. The van der Waals surface area contributed by atoms with Crippen LogP contribution in [0.3, 0.4) is 0 Å². The third-order valence-corrected chi connectivity index (χ3v) is 7.00. The van der Waals surface area contributed by atoms with Gasteiger partial charge in [0.15, 0.2) is 11.6 Å². The number of rotatable bonds is 4. The first kappa shape index (κ1) is 39.3. The van der Waals surface area contributed by atoms with E-state index in [0.717, 1.165) is 0 Å². The summed E-state index contributed by atoms with van der Waals surface area (Å²) >= 11 is 0.